The largest absolute Gasteiger partial charge is 0.354 e. The second-order valence-corrected chi connectivity index (χ2v) is 6.75. The van der Waals surface area contributed by atoms with Crippen LogP contribution < -0.4 is 10.6 Å². The summed E-state index contributed by atoms with van der Waals surface area (Å²) in [6.07, 6.45) is 2.36. The van der Waals surface area contributed by atoms with Crippen LogP contribution in [0.2, 0.25) is 0 Å². The fraction of sp³-hybridized carbons (Fsp3) is 0.556. The van der Waals surface area contributed by atoms with Gasteiger partial charge >= 0.3 is 0 Å². The van der Waals surface area contributed by atoms with Crippen molar-refractivity contribution in [1.82, 2.24) is 15.5 Å². The first-order valence-corrected chi connectivity index (χ1v) is 8.48. The van der Waals surface area contributed by atoms with Gasteiger partial charge < -0.3 is 10.6 Å². The molecule has 2 atom stereocenters. The summed E-state index contributed by atoms with van der Waals surface area (Å²) in [5, 5.41) is 5.79. The average molecular weight is 315 g/mol. The van der Waals surface area contributed by atoms with E-state index in [1.807, 2.05) is 25.1 Å². The molecule has 1 aromatic rings. The van der Waals surface area contributed by atoms with Crippen LogP contribution in [0.1, 0.15) is 31.7 Å². The van der Waals surface area contributed by atoms with Crippen LogP contribution in [0.4, 0.5) is 0 Å². The van der Waals surface area contributed by atoms with Gasteiger partial charge in [-0.25, -0.2) is 0 Å². The summed E-state index contributed by atoms with van der Waals surface area (Å²) in [6.45, 7) is 5.20. The maximum atomic E-state index is 12.5. The monoisotopic (exact) mass is 315 g/mol. The highest BCUT2D eigenvalue weighted by Gasteiger charge is 2.52. The molecule has 2 aliphatic rings. The van der Waals surface area contributed by atoms with Crippen LogP contribution in [-0.4, -0.2) is 42.4 Å². The fourth-order valence-electron chi connectivity index (χ4n) is 3.66. The van der Waals surface area contributed by atoms with E-state index in [1.54, 1.807) is 0 Å². The molecule has 0 saturated carbocycles. The van der Waals surface area contributed by atoms with Gasteiger partial charge in [-0.3, -0.25) is 14.5 Å². The van der Waals surface area contributed by atoms with E-state index in [4.69, 9.17) is 0 Å². The van der Waals surface area contributed by atoms with E-state index in [1.165, 1.54) is 5.56 Å². The number of nitrogens with zero attached hydrogens (tertiary/aromatic N) is 1. The third kappa shape index (κ3) is 3.39. The third-order valence-electron chi connectivity index (χ3n) is 4.93. The molecular formula is C18H25N3O2. The van der Waals surface area contributed by atoms with Crippen molar-refractivity contribution in [2.45, 2.75) is 38.8 Å². The van der Waals surface area contributed by atoms with Gasteiger partial charge in [-0.05, 0) is 31.4 Å². The molecule has 2 amide bonds. The summed E-state index contributed by atoms with van der Waals surface area (Å²) >= 11 is 0. The highest BCUT2D eigenvalue weighted by atomic mass is 16.2. The predicted molar refractivity (Wildman–Crippen MR) is 88.6 cm³/mol. The molecule has 1 spiro atoms. The number of hydrogen-bond donors (Lipinski definition) is 2. The summed E-state index contributed by atoms with van der Waals surface area (Å²) < 4.78 is 0. The van der Waals surface area contributed by atoms with Gasteiger partial charge in [-0.1, -0.05) is 37.3 Å². The number of likely N-dealkylation sites (tertiary alicyclic amines) is 1. The number of rotatable bonds is 5. The van der Waals surface area contributed by atoms with Gasteiger partial charge in [0.15, 0.2) is 0 Å². The predicted octanol–water partition coefficient (Wildman–Crippen LogP) is 1.29. The quantitative estimate of drug-likeness (QED) is 0.861. The fourth-order valence-corrected chi connectivity index (χ4v) is 3.66. The number of carbonyl (C=O) groups is 2. The molecule has 3 rings (SSSR count). The van der Waals surface area contributed by atoms with Crippen LogP contribution >= 0.6 is 0 Å². The highest BCUT2D eigenvalue weighted by Crippen LogP contribution is 2.39. The van der Waals surface area contributed by atoms with Crippen LogP contribution in [0.5, 0.6) is 0 Å². The summed E-state index contributed by atoms with van der Waals surface area (Å²) in [4.78, 5) is 26.9. The second kappa shape index (κ2) is 6.71. The van der Waals surface area contributed by atoms with E-state index in [9.17, 15) is 9.59 Å². The molecule has 0 radical (unpaired) electrons. The molecule has 0 unspecified atom stereocenters. The van der Waals surface area contributed by atoms with Crippen molar-refractivity contribution in [2.24, 2.45) is 5.41 Å². The molecule has 2 fully saturated rings. The molecule has 2 heterocycles. The first-order chi connectivity index (χ1) is 11.1. The summed E-state index contributed by atoms with van der Waals surface area (Å²) in [5.74, 6) is 0.00305. The molecule has 2 saturated heterocycles. The van der Waals surface area contributed by atoms with Crippen LogP contribution in [0.3, 0.4) is 0 Å². The number of carbonyl (C=O) groups excluding carboxylic acids is 2. The average Bonchev–Trinajstić information content (AvgIpc) is 3.11. The summed E-state index contributed by atoms with van der Waals surface area (Å²) in [6, 6.07) is 9.95. The summed E-state index contributed by atoms with van der Waals surface area (Å²) in [7, 11) is 0. The van der Waals surface area contributed by atoms with Crippen molar-refractivity contribution >= 4 is 11.8 Å². The van der Waals surface area contributed by atoms with Crippen LogP contribution in [0.25, 0.3) is 0 Å². The van der Waals surface area contributed by atoms with Crippen molar-refractivity contribution in [1.29, 1.82) is 0 Å². The van der Waals surface area contributed by atoms with Gasteiger partial charge in [-0.2, -0.15) is 0 Å². The molecule has 124 valence electrons. The van der Waals surface area contributed by atoms with E-state index in [2.05, 4.69) is 27.7 Å². The van der Waals surface area contributed by atoms with Crippen molar-refractivity contribution in [2.75, 3.05) is 19.6 Å². The first kappa shape index (κ1) is 16.0. The van der Waals surface area contributed by atoms with E-state index < -0.39 is 0 Å². The van der Waals surface area contributed by atoms with Crippen LogP contribution in [0.15, 0.2) is 30.3 Å². The Labute approximate surface area is 137 Å². The van der Waals surface area contributed by atoms with E-state index >= 15 is 0 Å². The van der Waals surface area contributed by atoms with Crippen molar-refractivity contribution in [3.05, 3.63) is 35.9 Å². The Hall–Kier alpha value is -1.88. The minimum absolute atomic E-state index is 0.0430. The molecule has 0 aliphatic carbocycles. The van der Waals surface area contributed by atoms with Gasteiger partial charge in [0.2, 0.25) is 11.8 Å². The third-order valence-corrected chi connectivity index (χ3v) is 4.93. The second-order valence-electron chi connectivity index (χ2n) is 6.75. The maximum absolute atomic E-state index is 12.5. The SMILES string of the molecule is CCCNC(=O)[C@@H]1C[C@]2(CCN(Cc3ccccc3)C2)C(=O)N1. The number of amides is 2. The van der Waals surface area contributed by atoms with E-state index in [0.29, 0.717) is 13.0 Å². The highest BCUT2D eigenvalue weighted by molar-refractivity contribution is 5.94. The van der Waals surface area contributed by atoms with Crippen LogP contribution in [0, 0.1) is 5.41 Å². The molecule has 2 aliphatic heterocycles. The Morgan fingerprint density at radius 1 is 1.39 bits per heavy atom. The first-order valence-electron chi connectivity index (χ1n) is 8.48. The minimum atomic E-state index is -0.386. The lowest BCUT2D eigenvalue weighted by Crippen LogP contribution is -2.41. The van der Waals surface area contributed by atoms with Gasteiger partial charge in [-0.15, -0.1) is 0 Å². The number of nitrogens with one attached hydrogen (secondary N) is 2. The molecule has 0 bridgehead atoms. The lowest BCUT2D eigenvalue weighted by atomic mass is 9.84. The molecule has 23 heavy (non-hydrogen) atoms. The minimum Gasteiger partial charge on any atom is -0.354 e. The van der Waals surface area contributed by atoms with Gasteiger partial charge in [0.05, 0.1) is 5.41 Å². The Kier molecular flexibility index (Phi) is 4.66. The number of benzene rings is 1. The molecule has 2 N–H and O–H groups in total. The zero-order valence-corrected chi connectivity index (χ0v) is 13.7. The Bertz CT molecular complexity index is 575. The van der Waals surface area contributed by atoms with Gasteiger partial charge in [0.25, 0.3) is 0 Å². The van der Waals surface area contributed by atoms with E-state index in [-0.39, 0.29) is 23.3 Å². The standard InChI is InChI=1S/C18H25N3O2/c1-2-9-19-16(22)15-11-18(17(23)20-15)8-10-21(13-18)12-14-6-4-3-5-7-14/h3-7,15H,2,8-13H2,1H3,(H,19,22)(H,20,23)/t15-,18-/m0/s1. The molecule has 5 nitrogen and oxygen atoms in total. The van der Waals surface area contributed by atoms with E-state index in [0.717, 1.165) is 32.5 Å². The molecular weight excluding hydrogens is 290 g/mol. The van der Waals surface area contributed by atoms with Crippen molar-refractivity contribution in [3.63, 3.8) is 0 Å². The van der Waals surface area contributed by atoms with Crippen LogP contribution in [-0.2, 0) is 16.1 Å². The zero-order valence-electron chi connectivity index (χ0n) is 13.7. The lowest BCUT2D eigenvalue weighted by molar-refractivity contribution is -0.128. The Balaban J connectivity index is 1.60. The normalized spacial score (nSPS) is 27.3. The molecule has 0 aromatic heterocycles. The Morgan fingerprint density at radius 3 is 2.91 bits per heavy atom. The topological polar surface area (TPSA) is 61.4 Å². The maximum Gasteiger partial charge on any atom is 0.242 e. The van der Waals surface area contributed by atoms with Gasteiger partial charge in [0, 0.05) is 19.6 Å². The summed E-state index contributed by atoms with van der Waals surface area (Å²) in [5.41, 5.74) is 0.878. The van der Waals surface area contributed by atoms with Crippen molar-refractivity contribution < 1.29 is 9.59 Å². The van der Waals surface area contributed by atoms with Gasteiger partial charge in [0.1, 0.15) is 6.04 Å². The zero-order chi connectivity index (χ0) is 16.3. The lowest BCUT2D eigenvalue weighted by Gasteiger charge is -2.21. The number of hydrogen-bond acceptors (Lipinski definition) is 3. The Morgan fingerprint density at radius 2 is 2.17 bits per heavy atom. The van der Waals surface area contributed by atoms with Crippen molar-refractivity contribution in [3.8, 4) is 0 Å². The molecule has 1 aromatic carbocycles. The molecule has 5 heteroatoms. The smallest absolute Gasteiger partial charge is 0.242 e.